The van der Waals surface area contributed by atoms with Crippen molar-refractivity contribution in [1.82, 2.24) is 0 Å². The van der Waals surface area contributed by atoms with E-state index in [0.29, 0.717) is 0 Å². The second-order valence-electron chi connectivity index (χ2n) is 2.53. The van der Waals surface area contributed by atoms with Crippen LogP contribution in [-0.2, 0) is 0 Å². The number of rotatable bonds is 2. The minimum atomic E-state index is -0.322. The van der Waals surface area contributed by atoms with Gasteiger partial charge >= 0.3 is 0 Å². The van der Waals surface area contributed by atoms with Crippen LogP contribution in [0, 0.1) is 6.92 Å². The van der Waals surface area contributed by atoms with E-state index in [1.807, 2.05) is 24.3 Å². The van der Waals surface area contributed by atoms with Gasteiger partial charge in [-0.25, -0.2) is 0 Å². The lowest BCUT2D eigenvalue weighted by molar-refractivity contribution is 0.284. The molecular formula is C9H12OS. The van der Waals surface area contributed by atoms with Gasteiger partial charge < -0.3 is 5.11 Å². The number of aryl methyl sites for hydroxylation is 1. The number of aliphatic hydroxyl groups excluding tert-OH is 1. The first-order chi connectivity index (χ1) is 5.18. The monoisotopic (exact) mass is 168 g/mol. The van der Waals surface area contributed by atoms with Crippen LogP contribution in [0.4, 0.5) is 0 Å². The van der Waals surface area contributed by atoms with Crippen molar-refractivity contribution in [2.45, 2.75) is 24.2 Å². The zero-order chi connectivity index (χ0) is 8.27. The van der Waals surface area contributed by atoms with Crippen molar-refractivity contribution in [2.75, 3.05) is 0 Å². The maximum absolute atomic E-state index is 9.04. The highest BCUT2D eigenvalue weighted by Crippen LogP contribution is 2.21. The molecule has 2 heteroatoms. The summed E-state index contributed by atoms with van der Waals surface area (Å²) in [7, 11) is 0. The number of benzene rings is 1. The van der Waals surface area contributed by atoms with E-state index < -0.39 is 0 Å². The first-order valence-corrected chi connectivity index (χ1v) is 4.48. The SMILES string of the molecule is Cc1ccc(SC(C)O)cc1. The van der Waals surface area contributed by atoms with Crippen LogP contribution >= 0.6 is 11.8 Å². The third-order valence-electron chi connectivity index (χ3n) is 1.33. The van der Waals surface area contributed by atoms with Gasteiger partial charge in [0.05, 0.1) is 0 Å². The van der Waals surface area contributed by atoms with E-state index >= 15 is 0 Å². The fourth-order valence-corrected chi connectivity index (χ4v) is 1.50. The van der Waals surface area contributed by atoms with E-state index in [1.165, 1.54) is 17.3 Å². The molecule has 60 valence electrons. The quantitative estimate of drug-likeness (QED) is 0.540. The molecule has 1 nitrogen and oxygen atoms in total. The molecule has 0 saturated heterocycles. The average molecular weight is 168 g/mol. The van der Waals surface area contributed by atoms with E-state index in [1.54, 1.807) is 6.92 Å². The van der Waals surface area contributed by atoms with Crippen molar-refractivity contribution >= 4 is 11.8 Å². The van der Waals surface area contributed by atoms with Crippen LogP contribution in [0.25, 0.3) is 0 Å². The molecule has 1 aromatic rings. The Balaban J connectivity index is 2.66. The summed E-state index contributed by atoms with van der Waals surface area (Å²) in [6.45, 7) is 3.82. The van der Waals surface area contributed by atoms with Gasteiger partial charge in [0.2, 0.25) is 0 Å². The van der Waals surface area contributed by atoms with Crippen molar-refractivity contribution in [2.24, 2.45) is 0 Å². The van der Waals surface area contributed by atoms with E-state index in [9.17, 15) is 0 Å². The van der Waals surface area contributed by atoms with Crippen LogP contribution in [0.1, 0.15) is 12.5 Å². The Labute approximate surface area is 71.4 Å². The lowest BCUT2D eigenvalue weighted by Gasteiger charge is -2.03. The average Bonchev–Trinajstić information content (AvgIpc) is 1.93. The molecule has 1 aromatic carbocycles. The predicted octanol–water partition coefficient (Wildman–Crippen LogP) is 2.43. The van der Waals surface area contributed by atoms with E-state index in [0.717, 1.165) is 4.90 Å². The lowest BCUT2D eigenvalue weighted by Crippen LogP contribution is -1.90. The molecule has 11 heavy (non-hydrogen) atoms. The second kappa shape index (κ2) is 3.79. The summed E-state index contributed by atoms with van der Waals surface area (Å²) in [6.07, 6.45) is 0. The topological polar surface area (TPSA) is 20.2 Å². The van der Waals surface area contributed by atoms with Gasteiger partial charge in [0.15, 0.2) is 0 Å². The number of thioether (sulfide) groups is 1. The molecule has 0 radical (unpaired) electrons. The van der Waals surface area contributed by atoms with Gasteiger partial charge in [-0.1, -0.05) is 29.5 Å². The number of hydrogen-bond acceptors (Lipinski definition) is 2. The zero-order valence-corrected chi connectivity index (χ0v) is 7.56. The maximum Gasteiger partial charge on any atom is 0.101 e. The first kappa shape index (κ1) is 8.62. The smallest absolute Gasteiger partial charge is 0.101 e. The third-order valence-corrected chi connectivity index (χ3v) is 2.21. The summed E-state index contributed by atoms with van der Waals surface area (Å²) in [6, 6.07) is 8.13. The first-order valence-electron chi connectivity index (χ1n) is 3.60. The molecule has 0 spiro atoms. The highest BCUT2D eigenvalue weighted by Gasteiger charge is 1.97. The van der Waals surface area contributed by atoms with Crippen molar-refractivity contribution in [1.29, 1.82) is 0 Å². The van der Waals surface area contributed by atoms with E-state index in [4.69, 9.17) is 5.11 Å². The lowest BCUT2D eigenvalue weighted by atomic mass is 10.2. The summed E-state index contributed by atoms with van der Waals surface area (Å²) in [5, 5.41) is 9.04. The molecule has 0 aliphatic carbocycles. The van der Waals surface area contributed by atoms with Crippen LogP contribution < -0.4 is 0 Å². The Morgan fingerprint density at radius 1 is 1.27 bits per heavy atom. The van der Waals surface area contributed by atoms with Crippen molar-refractivity contribution in [3.63, 3.8) is 0 Å². The fourth-order valence-electron chi connectivity index (χ4n) is 0.814. The summed E-state index contributed by atoms with van der Waals surface area (Å²) in [5.74, 6) is 0. The molecule has 0 fully saturated rings. The molecule has 0 saturated carbocycles. The minimum absolute atomic E-state index is 0.322. The summed E-state index contributed by atoms with van der Waals surface area (Å²) < 4.78 is 0. The second-order valence-corrected chi connectivity index (χ2v) is 3.92. The van der Waals surface area contributed by atoms with Gasteiger partial charge in [0.1, 0.15) is 5.44 Å². The highest BCUT2D eigenvalue weighted by molar-refractivity contribution is 7.99. The minimum Gasteiger partial charge on any atom is -0.382 e. The number of hydrogen-bond donors (Lipinski definition) is 1. The largest absolute Gasteiger partial charge is 0.382 e. The molecular weight excluding hydrogens is 156 g/mol. The van der Waals surface area contributed by atoms with Gasteiger partial charge in [-0.2, -0.15) is 0 Å². The summed E-state index contributed by atoms with van der Waals surface area (Å²) in [4.78, 5) is 1.12. The van der Waals surface area contributed by atoms with Crippen LogP contribution in [-0.4, -0.2) is 10.5 Å². The number of aliphatic hydroxyl groups is 1. The van der Waals surface area contributed by atoms with Crippen LogP contribution in [0.2, 0.25) is 0 Å². The summed E-state index contributed by atoms with van der Waals surface area (Å²) >= 11 is 1.46. The van der Waals surface area contributed by atoms with Crippen LogP contribution in [0.15, 0.2) is 29.2 Å². The Kier molecular flexibility index (Phi) is 2.97. The maximum atomic E-state index is 9.04. The van der Waals surface area contributed by atoms with Gasteiger partial charge in [-0.15, -0.1) is 0 Å². The molecule has 1 rings (SSSR count). The van der Waals surface area contributed by atoms with Crippen molar-refractivity contribution < 1.29 is 5.11 Å². The van der Waals surface area contributed by atoms with Crippen molar-refractivity contribution in [3.05, 3.63) is 29.8 Å². The zero-order valence-electron chi connectivity index (χ0n) is 6.74. The molecule has 1 unspecified atom stereocenters. The predicted molar refractivity (Wildman–Crippen MR) is 48.7 cm³/mol. The van der Waals surface area contributed by atoms with Gasteiger partial charge in [0.25, 0.3) is 0 Å². The Morgan fingerprint density at radius 3 is 2.27 bits per heavy atom. The standard InChI is InChI=1S/C9H12OS/c1-7-3-5-9(6-4-7)11-8(2)10/h3-6,8,10H,1-2H3. The van der Waals surface area contributed by atoms with Crippen molar-refractivity contribution in [3.8, 4) is 0 Å². The highest BCUT2D eigenvalue weighted by atomic mass is 32.2. The molecule has 0 heterocycles. The molecule has 0 aliphatic heterocycles. The molecule has 0 bridgehead atoms. The molecule has 1 N–H and O–H groups in total. The Bertz CT molecular complexity index is 216. The van der Waals surface area contributed by atoms with E-state index in [-0.39, 0.29) is 5.44 Å². The van der Waals surface area contributed by atoms with Crippen LogP contribution in [0.3, 0.4) is 0 Å². The molecule has 0 aliphatic rings. The fraction of sp³-hybridized carbons (Fsp3) is 0.333. The Morgan fingerprint density at radius 2 is 1.82 bits per heavy atom. The third kappa shape index (κ3) is 2.95. The molecule has 0 aromatic heterocycles. The van der Waals surface area contributed by atoms with Gasteiger partial charge in [-0.05, 0) is 26.0 Å². The van der Waals surface area contributed by atoms with Gasteiger partial charge in [0, 0.05) is 4.90 Å². The van der Waals surface area contributed by atoms with Gasteiger partial charge in [-0.3, -0.25) is 0 Å². The molecule has 0 amide bonds. The molecule has 1 atom stereocenters. The Hall–Kier alpha value is -0.470. The summed E-state index contributed by atoms with van der Waals surface area (Å²) in [5.41, 5.74) is 0.928. The van der Waals surface area contributed by atoms with E-state index in [2.05, 4.69) is 6.92 Å². The normalized spacial score (nSPS) is 13.0. The van der Waals surface area contributed by atoms with Crippen LogP contribution in [0.5, 0.6) is 0 Å².